The zero-order chi connectivity index (χ0) is 11.1. The van der Waals surface area contributed by atoms with Crippen molar-refractivity contribution in [2.24, 2.45) is 11.8 Å². The lowest BCUT2D eigenvalue weighted by Gasteiger charge is -2.17. The molecular weight excluding hydrogens is 192 g/mol. The minimum absolute atomic E-state index is 0.105. The minimum atomic E-state index is 0.105. The van der Waals surface area contributed by atoms with E-state index < -0.39 is 0 Å². The lowest BCUT2D eigenvalue weighted by atomic mass is 9.97. The standard InChI is InChI=1S/C11H22N2O2/c1-12-6-5-11(15)13-7-9-3-2-4-10(9)8-14/h9-10,12,14H,2-8H2,1H3,(H,13,15). The van der Waals surface area contributed by atoms with E-state index in [1.165, 1.54) is 6.42 Å². The number of hydrogen-bond acceptors (Lipinski definition) is 3. The summed E-state index contributed by atoms with van der Waals surface area (Å²) in [6.45, 7) is 1.71. The van der Waals surface area contributed by atoms with Gasteiger partial charge in [0.2, 0.25) is 5.91 Å². The number of carbonyl (C=O) groups is 1. The van der Waals surface area contributed by atoms with Crippen LogP contribution in [0.3, 0.4) is 0 Å². The second kappa shape index (κ2) is 6.80. The number of aliphatic hydroxyl groups excluding tert-OH is 1. The van der Waals surface area contributed by atoms with Gasteiger partial charge < -0.3 is 15.7 Å². The average molecular weight is 214 g/mol. The van der Waals surface area contributed by atoms with Crippen molar-refractivity contribution in [3.05, 3.63) is 0 Å². The highest BCUT2D eigenvalue weighted by molar-refractivity contribution is 5.76. The summed E-state index contributed by atoms with van der Waals surface area (Å²) in [5.41, 5.74) is 0. The van der Waals surface area contributed by atoms with Gasteiger partial charge in [-0.1, -0.05) is 6.42 Å². The fourth-order valence-corrected chi connectivity index (χ4v) is 2.19. The van der Waals surface area contributed by atoms with Crippen LogP contribution in [0.5, 0.6) is 0 Å². The van der Waals surface area contributed by atoms with Gasteiger partial charge in [-0.2, -0.15) is 0 Å². The maximum Gasteiger partial charge on any atom is 0.221 e. The molecule has 0 saturated heterocycles. The molecule has 0 bridgehead atoms. The summed E-state index contributed by atoms with van der Waals surface area (Å²) in [5.74, 6) is 0.982. The Morgan fingerprint density at radius 1 is 1.40 bits per heavy atom. The van der Waals surface area contributed by atoms with Crippen LogP contribution in [0.2, 0.25) is 0 Å². The van der Waals surface area contributed by atoms with Crippen LogP contribution >= 0.6 is 0 Å². The molecule has 1 saturated carbocycles. The van der Waals surface area contributed by atoms with Gasteiger partial charge >= 0.3 is 0 Å². The van der Waals surface area contributed by atoms with Crippen LogP contribution in [-0.2, 0) is 4.79 Å². The molecule has 0 heterocycles. The number of hydrogen-bond donors (Lipinski definition) is 3. The molecule has 2 unspecified atom stereocenters. The summed E-state index contributed by atoms with van der Waals surface area (Å²) in [6.07, 6.45) is 3.96. The first-order chi connectivity index (χ1) is 7.27. The van der Waals surface area contributed by atoms with Crippen LogP contribution in [0, 0.1) is 11.8 Å². The highest BCUT2D eigenvalue weighted by Gasteiger charge is 2.26. The largest absolute Gasteiger partial charge is 0.396 e. The Morgan fingerprint density at radius 3 is 2.80 bits per heavy atom. The molecule has 1 aliphatic rings. The Morgan fingerprint density at radius 2 is 2.13 bits per heavy atom. The molecular formula is C11H22N2O2. The molecule has 0 aromatic rings. The van der Waals surface area contributed by atoms with E-state index in [0.29, 0.717) is 18.3 Å². The van der Waals surface area contributed by atoms with Crippen molar-refractivity contribution in [3.63, 3.8) is 0 Å². The average Bonchev–Trinajstić information content (AvgIpc) is 2.70. The van der Waals surface area contributed by atoms with Gasteiger partial charge in [0.25, 0.3) is 0 Å². The smallest absolute Gasteiger partial charge is 0.221 e. The van der Waals surface area contributed by atoms with Gasteiger partial charge in [0.1, 0.15) is 0 Å². The third kappa shape index (κ3) is 4.18. The van der Waals surface area contributed by atoms with Crippen molar-refractivity contribution in [3.8, 4) is 0 Å². The molecule has 1 aliphatic carbocycles. The van der Waals surface area contributed by atoms with Crippen LogP contribution < -0.4 is 10.6 Å². The molecule has 88 valence electrons. The molecule has 1 fully saturated rings. The molecule has 15 heavy (non-hydrogen) atoms. The van der Waals surface area contributed by atoms with Gasteiger partial charge in [-0.15, -0.1) is 0 Å². The van der Waals surface area contributed by atoms with Crippen molar-refractivity contribution in [1.82, 2.24) is 10.6 Å². The van der Waals surface area contributed by atoms with E-state index in [2.05, 4.69) is 10.6 Å². The fourth-order valence-electron chi connectivity index (χ4n) is 2.19. The highest BCUT2D eigenvalue weighted by atomic mass is 16.3. The topological polar surface area (TPSA) is 61.4 Å². The van der Waals surface area contributed by atoms with E-state index in [9.17, 15) is 4.79 Å². The summed E-state index contributed by atoms with van der Waals surface area (Å²) in [6, 6.07) is 0. The quantitative estimate of drug-likeness (QED) is 0.588. The van der Waals surface area contributed by atoms with Gasteiger partial charge in [0, 0.05) is 26.1 Å². The Hall–Kier alpha value is -0.610. The molecule has 4 heteroatoms. The zero-order valence-electron chi connectivity index (χ0n) is 9.46. The molecule has 0 aromatic carbocycles. The third-order valence-electron chi connectivity index (χ3n) is 3.21. The van der Waals surface area contributed by atoms with Crippen LogP contribution in [0.4, 0.5) is 0 Å². The van der Waals surface area contributed by atoms with E-state index in [1.54, 1.807) is 0 Å². The van der Waals surface area contributed by atoms with Crippen LogP contribution in [-0.4, -0.2) is 37.8 Å². The fraction of sp³-hybridized carbons (Fsp3) is 0.909. The summed E-state index contributed by atoms with van der Waals surface area (Å²) in [4.78, 5) is 11.3. The Kier molecular flexibility index (Phi) is 5.65. The van der Waals surface area contributed by atoms with Crippen molar-refractivity contribution in [2.75, 3.05) is 26.7 Å². The van der Waals surface area contributed by atoms with Gasteiger partial charge in [0.05, 0.1) is 0 Å². The maximum absolute atomic E-state index is 11.3. The summed E-state index contributed by atoms with van der Waals surface area (Å²) in [7, 11) is 1.84. The second-order valence-electron chi connectivity index (χ2n) is 4.29. The molecule has 4 nitrogen and oxygen atoms in total. The predicted molar refractivity (Wildman–Crippen MR) is 59.5 cm³/mol. The monoisotopic (exact) mass is 214 g/mol. The molecule has 3 N–H and O–H groups in total. The molecule has 1 amide bonds. The van der Waals surface area contributed by atoms with E-state index in [1.807, 2.05) is 7.05 Å². The van der Waals surface area contributed by atoms with E-state index in [-0.39, 0.29) is 12.5 Å². The summed E-state index contributed by atoms with van der Waals surface area (Å²) >= 11 is 0. The molecule has 0 spiro atoms. The van der Waals surface area contributed by atoms with Crippen molar-refractivity contribution in [1.29, 1.82) is 0 Å². The molecule has 0 radical (unpaired) electrons. The second-order valence-corrected chi connectivity index (χ2v) is 4.29. The van der Waals surface area contributed by atoms with Crippen LogP contribution in [0.1, 0.15) is 25.7 Å². The van der Waals surface area contributed by atoms with Crippen molar-refractivity contribution in [2.45, 2.75) is 25.7 Å². The molecule has 1 rings (SSSR count). The van der Waals surface area contributed by atoms with Crippen molar-refractivity contribution >= 4 is 5.91 Å². The van der Waals surface area contributed by atoms with E-state index >= 15 is 0 Å². The number of carbonyl (C=O) groups excluding carboxylic acids is 1. The van der Waals surface area contributed by atoms with Gasteiger partial charge in [-0.25, -0.2) is 0 Å². The van der Waals surface area contributed by atoms with E-state index in [0.717, 1.165) is 25.9 Å². The Labute approximate surface area is 91.4 Å². The number of amides is 1. The lowest BCUT2D eigenvalue weighted by molar-refractivity contribution is -0.121. The molecule has 0 aliphatic heterocycles. The number of nitrogens with one attached hydrogen (secondary N) is 2. The maximum atomic E-state index is 11.3. The Bertz CT molecular complexity index is 197. The van der Waals surface area contributed by atoms with Gasteiger partial charge in [-0.05, 0) is 31.7 Å². The lowest BCUT2D eigenvalue weighted by Crippen LogP contribution is -2.33. The Balaban J connectivity index is 2.15. The number of rotatable bonds is 6. The number of aliphatic hydroxyl groups is 1. The first-order valence-electron chi connectivity index (χ1n) is 5.80. The zero-order valence-corrected chi connectivity index (χ0v) is 9.46. The van der Waals surface area contributed by atoms with Gasteiger partial charge in [0.15, 0.2) is 0 Å². The van der Waals surface area contributed by atoms with Gasteiger partial charge in [-0.3, -0.25) is 4.79 Å². The molecule has 2 atom stereocenters. The highest BCUT2D eigenvalue weighted by Crippen LogP contribution is 2.30. The van der Waals surface area contributed by atoms with Crippen molar-refractivity contribution < 1.29 is 9.90 Å². The summed E-state index contributed by atoms with van der Waals surface area (Å²) < 4.78 is 0. The third-order valence-corrected chi connectivity index (χ3v) is 3.21. The summed E-state index contributed by atoms with van der Waals surface area (Å²) in [5, 5.41) is 15.0. The molecule has 0 aromatic heterocycles. The predicted octanol–water partition coefficient (Wildman–Crippen LogP) is 0.121. The first-order valence-corrected chi connectivity index (χ1v) is 5.80. The SMILES string of the molecule is CNCCC(=O)NCC1CCCC1CO. The minimum Gasteiger partial charge on any atom is -0.396 e. The first kappa shape index (κ1) is 12.5. The van der Waals surface area contributed by atoms with Crippen LogP contribution in [0.25, 0.3) is 0 Å². The van der Waals surface area contributed by atoms with Crippen LogP contribution in [0.15, 0.2) is 0 Å². The van der Waals surface area contributed by atoms with E-state index in [4.69, 9.17) is 5.11 Å². The normalized spacial score (nSPS) is 25.5.